The van der Waals surface area contributed by atoms with Crippen LogP contribution in [0.3, 0.4) is 0 Å². The lowest BCUT2D eigenvalue weighted by atomic mass is 9.98. The fourth-order valence-corrected chi connectivity index (χ4v) is 2.84. The topological polar surface area (TPSA) is 76.0 Å². The van der Waals surface area contributed by atoms with E-state index < -0.39 is 12.3 Å². The van der Waals surface area contributed by atoms with Gasteiger partial charge in [-0.25, -0.2) is 0 Å². The van der Waals surface area contributed by atoms with Crippen molar-refractivity contribution in [3.8, 4) is 5.75 Å². The molecule has 0 fully saturated rings. The average molecular weight is 543 g/mol. The lowest BCUT2D eigenvalue weighted by molar-refractivity contribution is -0.295. The van der Waals surface area contributed by atoms with E-state index in [1.54, 1.807) is 13.2 Å². The smallest absolute Gasteiger partial charge is 0.501 e. The molecule has 1 aromatic rings. The SMILES string of the molecule is C=C.C=C/C=C\C(=C)C.CO/C(=C(\C)C(C)C)C(C)COc1ccc(CCC(=O)O)c(C)c1.OC(F)(F)F. The van der Waals surface area contributed by atoms with Crippen LogP contribution < -0.4 is 4.74 Å². The van der Waals surface area contributed by atoms with E-state index in [4.69, 9.17) is 19.7 Å². The van der Waals surface area contributed by atoms with Gasteiger partial charge in [-0.15, -0.1) is 26.3 Å². The second-order valence-corrected chi connectivity index (χ2v) is 8.51. The molecule has 5 nitrogen and oxygen atoms in total. The summed E-state index contributed by atoms with van der Waals surface area (Å²) in [5.74, 6) is 1.63. The predicted octanol–water partition coefficient (Wildman–Crippen LogP) is 8.21. The molecule has 0 aliphatic heterocycles. The van der Waals surface area contributed by atoms with Crippen LogP contribution in [0.15, 0.2) is 79.6 Å². The number of carboxylic acids is 1. The van der Waals surface area contributed by atoms with Gasteiger partial charge in [0.2, 0.25) is 0 Å². The Balaban J connectivity index is -0.000000720. The number of benzene rings is 1. The van der Waals surface area contributed by atoms with Crippen LogP contribution in [0.2, 0.25) is 0 Å². The normalized spacial score (nSPS) is 11.9. The molecular weight excluding hydrogens is 497 g/mol. The Morgan fingerprint density at radius 1 is 1.16 bits per heavy atom. The van der Waals surface area contributed by atoms with Crippen LogP contribution in [0, 0.1) is 18.8 Å². The van der Waals surface area contributed by atoms with Gasteiger partial charge < -0.3 is 19.7 Å². The molecule has 0 saturated heterocycles. The van der Waals surface area contributed by atoms with Gasteiger partial charge in [-0.05, 0) is 61.9 Å². The van der Waals surface area contributed by atoms with Gasteiger partial charge in [-0.3, -0.25) is 4.79 Å². The average Bonchev–Trinajstić information content (AvgIpc) is 2.81. The monoisotopic (exact) mass is 542 g/mol. The minimum Gasteiger partial charge on any atom is -0.501 e. The van der Waals surface area contributed by atoms with E-state index in [0.29, 0.717) is 18.9 Å². The van der Waals surface area contributed by atoms with Crippen molar-refractivity contribution in [1.29, 1.82) is 0 Å². The lowest BCUT2D eigenvalue weighted by Crippen LogP contribution is -2.15. The highest BCUT2D eigenvalue weighted by atomic mass is 19.4. The zero-order valence-electron chi connectivity index (χ0n) is 23.8. The first-order chi connectivity index (χ1) is 17.5. The molecule has 0 aliphatic carbocycles. The van der Waals surface area contributed by atoms with E-state index in [9.17, 15) is 18.0 Å². The number of carboxylic acid groups (broad SMARTS) is 1. The van der Waals surface area contributed by atoms with Crippen molar-refractivity contribution in [2.24, 2.45) is 11.8 Å². The first-order valence-electron chi connectivity index (χ1n) is 12.0. The summed E-state index contributed by atoms with van der Waals surface area (Å²) in [6.07, 6.45) is 1.19. The summed E-state index contributed by atoms with van der Waals surface area (Å²) >= 11 is 0. The standard InChI is InChI=1S/C20H30O4.C7H10.C2H4.CHF3O/c1-13(2)16(5)20(23-6)15(4)12-24-18-9-7-17(14(3)11-18)8-10-19(21)22;1-4-5-6-7(2)3;1-2;2-1(3,4)5/h7,9,11,13,15H,8,10,12H2,1-6H3,(H,21,22);4-6H,1-2H2,3H3;1-2H2;5H/b20-16+;6-5-;;. The Hall–Kier alpha value is -3.26. The number of aliphatic hydroxyl groups is 1. The lowest BCUT2D eigenvalue weighted by Gasteiger charge is -2.20. The first kappa shape index (κ1) is 39.3. The van der Waals surface area contributed by atoms with Crippen molar-refractivity contribution in [2.45, 2.75) is 60.7 Å². The Morgan fingerprint density at radius 3 is 2.03 bits per heavy atom. The highest BCUT2D eigenvalue weighted by Crippen LogP contribution is 2.24. The molecule has 0 heterocycles. The Bertz CT molecular complexity index is 894. The van der Waals surface area contributed by atoms with Gasteiger partial charge >= 0.3 is 12.3 Å². The summed E-state index contributed by atoms with van der Waals surface area (Å²) in [6, 6.07) is 5.82. The maximum Gasteiger partial charge on any atom is 0.519 e. The second-order valence-electron chi connectivity index (χ2n) is 8.51. The predicted molar refractivity (Wildman–Crippen MR) is 150 cm³/mol. The van der Waals surface area contributed by atoms with E-state index in [2.05, 4.69) is 54.0 Å². The fourth-order valence-electron chi connectivity index (χ4n) is 2.84. The molecule has 0 amide bonds. The maximum atomic E-state index is 10.7. The molecule has 0 saturated carbocycles. The Labute approximate surface area is 226 Å². The van der Waals surface area contributed by atoms with Crippen molar-refractivity contribution in [3.05, 3.63) is 90.8 Å². The van der Waals surface area contributed by atoms with Gasteiger partial charge in [0, 0.05) is 12.3 Å². The molecule has 1 atom stereocenters. The van der Waals surface area contributed by atoms with Gasteiger partial charge in [0.05, 0.1) is 13.7 Å². The number of rotatable bonds is 11. The molecule has 0 radical (unpaired) electrons. The number of halogens is 3. The van der Waals surface area contributed by atoms with E-state index in [1.165, 1.54) is 5.57 Å². The summed E-state index contributed by atoms with van der Waals surface area (Å²) in [5, 5.41) is 15.3. The van der Waals surface area contributed by atoms with Crippen LogP contribution in [-0.4, -0.2) is 36.3 Å². The highest BCUT2D eigenvalue weighted by molar-refractivity contribution is 5.67. The third kappa shape index (κ3) is 23.2. The van der Waals surface area contributed by atoms with E-state index in [1.807, 2.05) is 44.2 Å². The zero-order chi connectivity index (χ0) is 30.5. The van der Waals surface area contributed by atoms with Crippen molar-refractivity contribution < 1.29 is 37.7 Å². The van der Waals surface area contributed by atoms with Crippen LogP contribution in [-0.2, 0) is 16.0 Å². The number of hydrogen-bond donors (Lipinski definition) is 2. The number of hydrogen-bond acceptors (Lipinski definition) is 4. The summed E-state index contributed by atoms with van der Waals surface area (Å²) in [5.41, 5.74) is 4.40. The quantitative estimate of drug-likeness (QED) is 0.167. The third-order valence-electron chi connectivity index (χ3n) is 4.86. The van der Waals surface area contributed by atoms with Gasteiger partial charge in [0.1, 0.15) is 11.5 Å². The molecule has 1 rings (SSSR count). The summed E-state index contributed by atoms with van der Waals surface area (Å²) in [6.45, 7) is 26.1. The molecule has 38 heavy (non-hydrogen) atoms. The third-order valence-corrected chi connectivity index (χ3v) is 4.86. The van der Waals surface area contributed by atoms with Gasteiger partial charge in [0.15, 0.2) is 0 Å². The summed E-state index contributed by atoms with van der Waals surface area (Å²) in [4.78, 5) is 10.7. The highest BCUT2D eigenvalue weighted by Gasteiger charge is 2.20. The summed E-state index contributed by atoms with van der Waals surface area (Å²) < 4.78 is 41.2. The van der Waals surface area contributed by atoms with Crippen LogP contribution in [0.4, 0.5) is 13.2 Å². The Kier molecular flexibility index (Phi) is 22.5. The molecular formula is C30H45F3O5. The number of methoxy groups -OCH3 is 1. The van der Waals surface area contributed by atoms with E-state index in [0.717, 1.165) is 28.2 Å². The number of aliphatic carboxylic acids is 1. The molecule has 8 heteroatoms. The van der Waals surface area contributed by atoms with Crippen molar-refractivity contribution in [2.75, 3.05) is 13.7 Å². The van der Waals surface area contributed by atoms with Crippen molar-refractivity contribution in [1.82, 2.24) is 0 Å². The molecule has 1 unspecified atom stereocenters. The molecule has 0 spiro atoms. The molecule has 0 bridgehead atoms. The largest absolute Gasteiger partial charge is 0.519 e. The molecule has 1 aromatic carbocycles. The first-order valence-corrected chi connectivity index (χ1v) is 12.0. The van der Waals surface area contributed by atoms with Crippen molar-refractivity contribution >= 4 is 5.97 Å². The molecule has 2 N–H and O–H groups in total. The number of ether oxygens (including phenoxy) is 2. The number of alkyl halides is 3. The zero-order valence-corrected chi connectivity index (χ0v) is 23.8. The van der Waals surface area contributed by atoms with Crippen molar-refractivity contribution in [3.63, 3.8) is 0 Å². The van der Waals surface area contributed by atoms with E-state index in [-0.39, 0.29) is 12.3 Å². The van der Waals surface area contributed by atoms with Crippen LogP contribution in [0.25, 0.3) is 0 Å². The van der Waals surface area contributed by atoms with Crippen LogP contribution in [0.1, 0.15) is 52.2 Å². The molecule has 216 valence electrons. The number of aryl methyl sites for hydroxylation is 2. The number of allylic oxidation sites excluding steroid dienone is 5. The van der Waals surface area contributed by atoms with Gasteiger partial charge in [0.25, 0.3) is 0 Å². The minimum atomic E-state index is -5.00. The van der Waals surface area contributed by atoms with E-state index >= 15 is 0 Å². The van der Waals surface area contributed by atoms with Crippen LogP contribution in [0.5, 0.6) is 5.75 Å². The van der Waals surface area contributed by atoms with Crippen LogP contribution >= 0.6 is 0 Å². The molecule has 0 aromatic heterocycles. The fraction of sp³-hybridized carbons (Fsp3) is 0.433. The molecule has 0 aliphatic rings. The van der Waals surface area contributed by atoms with Gasteiger partial charge in [-0.1, -0.05) is 63.8 Å². The van der Waals surface area contributed by atoms with Gasteiger partial charge in [-0.2, -0.15) is 0 Å². The second kappa shape index (κ2) is 21.8. The summed E-state index contributed by atoms with van der Waals surface area (Å²) in [7, 11) is 1.71. The number of carbonyl (C=O) groups is 1. The maximum absolute atomic E-state index is 10.7. The Morgan fingerprint density at radius 2 is 1.68 bits per heavy atom. The minimum absolute atomic E-state index is 0.147.